The largest absolute Gasteiger partial charge is 0.390 e. The summed E-state index contributed by atoms with van der Waals surface area (Å²) in [6, 6.07) is 14.3. The molecule has 1 N–H and O–H groups in total. The van der Waals surface area contributed by atoms with Gasteiger partial charge in [0.2, 0.25) is 0 Å². The Balaban J connectivity index is 1.50. The van der Waals surface area contributed by atoms with E-state index in [-0.39, 0.29) is 12.1 Å². The van der Waals surface area contributed by atoms with Crippen molar-refractivity contribution in [2.45, 2.75) is 12.1 Å². The topological polar surface area (TPSA) is 66.1 Å². The molecule has 27 heavy (non-hydrogen) atoms. The first-order valence-electron chi connectivity index (χ1n) is 9.44. The highest BCUT2D eigenvalue weighted by Gasteiger charge is 2.37. The maximum atomic E-state index is 10.7. The number of nitrogens with zero attached hydrogens (tertiary/aromatic N) is 5. The van der Waals surface area contributed by atoms with Crippen LogP contribution in [0.3, 0.4) is 0 Å². The molecule has 5 rings (SSSR count). The van der Waals surface area contributed by atoms with E-state index in [1.807, 2.05) is 28.8 Å². The molecule has 2 fully saturated rings. The third kappa shape index (κ3) is 3.07. The van der Waals surface area contributed by atoms with Crippen LogP contribution >= 0.6 is 0 Å². The normalized spacial score (nSPS) is 24.0. The molecule has 2 aliphatic heterocycles. The van der Waals surface area contributed by atoms with Crippen LogP contribution in [0.5, 0.6) is 0 Å². The lowest BCUT2D eigenvalue weighted by Gasteiger charge is -2.33. The summed E-state index contributed by atoms with van der Waals surface area (Å²) in [4.78, 5) is 9.31. The van der Waals surface area contributed by atoms with E-state index in [2.05, 4.69) is 33.1 Å². The number of anilines is 1. The van der Waals surface area contributed by atoms with Crippen molar-refractivity contribution in [3.8, 4) is 11.3 Å². The lowest BCUT2D eigenvalue weighted by atomic mass is 10.1. The lowest BCUT2D eigenvalue weighted by Crippen LogP contribution is -2.48. The molecule has 0 radical (unpaired) electrons. The molecule has 7 heteroatoms. The van der Waals surface area contributed by atoms with Crippen LogP contribution in [0.15, 0.2) is 48.7 Å². The van der Waals surface area contributed by atoms with Gasteiger partial charge in [0.25, 0.3) is 0 Å². The van der Waals surface area contributed by atoms with Gasteiger partial charge in [0.1, 0.15) is 5.82 Å². The summed E-state index contributed by atoms with van der Waals surface area (Å²) in [6.07, 6.45) is 1.38. The SMILES string of the molecule is OC1CN(c2cc(-c3ccccc3)nc3ccnn23)CC1N1CCOCC1. The highest BCUT2D eigenvalue weighted by Crippen LogP contribution is 2.28. The standard InChI is InChI=1S/C20H23N5O2/c26-18-14-24(13-17(18)23-8-10-27-11-9-23)20-12-16(15-4-2-1-3-5-15)22-19-6-7-21-25(19)20/h1-7,12,17-18,26H,8-11,13-14H2. The fourth-order valence-corrected chi connectivity index (χ4v) is 4.10. The molecule has 2 saturated heterocycles. The van der Waals surface area contributed by atoms with Gasteiger partial charge >= 0.3 is 0 Å². The molecular weight excluding hydrogens is 342 g/mol. The molecule has 2 aromatic heterocycles. The van der Waals surface area contributed by atoms with E-state index in [1.165, 1.54) is 0 Å². The summed E-state index contributed by atoms with van der Waals surface area (Å²) >= 11 is 0. The minimum absolute atomic E-state index is 0.118. The third-order valence-corrected chi connectivity index (χ3v) is 5.51. The van der Waals surface area contributed by atoms with E-state index in [4.69, 9.17) is 9.72 Å². The smallest absolute Gasteiger partial charge is 0.157 e. The van der Waals surface area contributed by atoms with Crippen molar-refractivity contribution in [3.63, 3.8) is 0 Å². The monoisotopic (exact) mass is 365 g/mol. The number of β-amino-alcohol motifs (C(OH)–C–C–N with tert-alkyl or cyclic N) is 1. The van der Waals surface area contributed by atoms with E-state index >= 15 is 0 Å². The molecule has 2 aliphatic rings. The molecule has 2 atom stereocenters. The maximum Gasteiger partial charge on any atom is 0.157 e. The summed E-state index contributed by atoms with van der Waals surface area (Å²) in [5.74, 6) is 0.971. The summed E-state index contributed by atoms with van der Waals surface area (Å²) < 4.78 is 7.32. The van der Waals surface area contributed by atoms with Crippen molar-refractivity contribution in [3.05, 3.63) is 48.7 Å². The molecule has 1 aromatic carbocycles. The van der Waals surface area contributed by atoms with Crippen molar-refractivity contribution >= 4 is 11.5 Å². The second kappa shape index (κ2) is 6.92. The van der Waals surface area contributed by atoms with Crippen LogP contribution in [-0.2, 0) is 4.74 Å². The van der Waals surface area contributed by atoms with Gasteiger partial charge in [-0.2, -0.15) is 9.61 Å². The van der Waals surface area contributed by atoms with Crippen LogP contribution in [0.2, 0.25) is 0 Å². The zero-order valence-corrected chi connectivity index (χ0v) is 15.1. The molecule has 7 nitrogen and oxygen atoms in total. The van der Waals surface area contributed by atoms with E-state index in [0.717, 1.165) is 55.6 Å². The van der Waals surface area contributed by atoms with Gasteiger partial charge in [-0.15, -0.1) is 0 Å². The first-order valence-corrected chi connectivity index (χ1v) is 9.44. The van der Waals surface area contributed by atoms with Crippen LogP contribution < -0.4 is 4.90 Å². The first kappa shape index (κ1) is 16.7. The molecule has 0 aliphatic carbocycles. The van der Waals surface area contributed by atoms with E-state index in [1.54, 1.807) is 6.20 Å². The lowest BCUT2D eigenvalue weighted by molar-refractivity contribution is -0.00588. The van der Waals surface area contributed by atoms with Crippen molar-refractivity contribution in [2.75, 3.05) is 44.3 Å². The van der Waals surface area contributed by atoms with Gasteiger partial charge in [-0.25, -0.2) is 4.98 Å². The zero-order chi connectivity index (χ0) is 18.2. The van der Waals surface area contributed by atoms with E-state index in [0.29, 0.717) is 6.54 Å². The number of aromatic nitrogens is 3. The summed E-state index contributed by atoms with van der Waals surface area (Å²) in [6.45, 7) is 4.58. The second-order valence-corrected chi connectivity index (χ2v) is 7.15. The Labute approximate surface area is 157 Å². The zero-order valence-electron chi connectivity index (χ0n) is 15.1. The minimum atomic E-state index is -0.387. The van der Waals surface area contributed by atoms with Gasteiger partial charge in [-0.05, 0) is 0 Å². The maximum absolute atomic E-state index is 10.7. The van der Waals surface area contributed by atoms with Crippen LogP contribution in [-0.4, -0.2) is 76.1 Å². The van der Waals surface area contributed by atoms with Crippen LogP contribution in [0, 0.1) is 0 Å². The van der Waals surface area contributed by atoms with E-state index < -0.39 is 0 Å². The van der Waals surface area contributed by atoms with Gasteiger partial charge in [0.15, 0.2) is 5.65 Å². The Morgan fingerprint density at radius 1 is 1.04 bits per heavy atom. The number of hydrogen-bond acceptors (Lipinski definition) is 6. The minimum Gasteiger partial charge on any atom is -0.390 e. The number of fused-ring (bicyclic) bond motifs is 1. The van der Waals surface area contributed by atoms with Gasteiger partial charge in [-0.3, -0.25) is 4.90 Å². The van der Waals surface area contributed by atoms with Crippen molar-refractivity contribution in [2.24, 2.45) is 0 Å². The number of benzene rings is 1. The number of morpholine rings is 1. The van der Waals surface area contributed by atoms with Crippen molar-refractivity contribution in [1.29, 1.82) is 0 Å². The molecule has 2 unspecified atom stereocenters. The number of aliphatic hydroxyl groups excluding tert-OH is 1. The van der Waals surface area contributed by atoms with Crippen molar-refractivity contribution < 1.29 is 9.84 Å². The predicted octanol–water partition coefficient (Wildman–Crippen LogP) is 1.28. The first-order chi connectivity index (χ1) is 13.3. The Kier molecular flexibility index (Phi) is 4.27. The molecule has 3 aromatic rings. The molecule has 140 valence electrons. The average Bonchev–Trinajstić information content (AvgIpc) is 3.35. The van der Waals surface area contributed by atoms with Crippen LogP contribution in [0.4, 0.5) is 5.82 Å². The Morgan fingerprint density at radius 3 is 2.67 bits per heavy atom. The Bertz CT molecular complexity index is 923. The molecule has 0 amide bonds. The van der Waals surface area contributed by atoms with Crippen LogP contribution in [0.1, 0.15) is 0 Å². The highest BCUT2D eigenvalue weighted by atomic mass is 16.5. The number of ether oxygens (including phenoxy) is 1. The van der Waals surface area contributed by atoms with E-state index in [9.17, 15) is 5.11 Å². The number of rotatable bonds is 3. The molecule has 0 spiro atoms. The average molecular weight is 365 g/mol. The molecule has 4 heterocycles. The predicted molar refractivity (Wildman–Crippen MR) is 103 cm³/mol. The fraction of sp³-hybridized carbons (Fsp3) is 0.400. The number of aliphatic hydroxyl groups is 1. The summed E-state index contributed by atoms with van der Waals surface area (Å²) in [5, 5.41) is 15.2. The molecule has 0 saturated carbocycles. The third-order valence-electron chi connectivity index (χ3n) is 5.51. The van der Waals surface area contributed by atoms with Gasteiger partial charge < -0.3 is 14.7 Å². The highest BCUT2D eigenvalue weighted by molar-refractivity contribution is 5.67. The van der Waals surface area contributed by atoms with Gasteiger partial charge in [0, 0.05) is 43.9 Å². The second-order valence-electron chi connectivity index (χ2n) is 7.15. The summed E-state index contributed by atoms with van der Waals surface area (Å²) in [7, 11) is 0. The van der Waals surface area contributed by atoms with Gasteiger partial charge in [0.05, 0.1) is 37.3 Å². The Hall–Kier alpha value is -2.48. The molecule has 0 bridgehead atoms. The van der Waals surface area contributed by atoms with Crippen molar-refractivity contribution in [1.82, 2.24) is 19.5 Å². The van der Waals surface area contributed by atoms with Crippen LogP contribution in [0.25, 0.3) is 16.9 Å². The fourth-order valence-electron chi connectivity index (χ4n) is 4.10. The Morgan fingerprint density at radius 2 is 1.85 bits per heavy atom. The number of hydrogen-bond donors (Lipinski definition) is 1. The summed E-state index contributed by atoms with van der Waals surface area (Å²) in [5.41, 5.74) is 2.81. The quantitative estimate of drug-likeness (QED) is 0.754. The molecular formula is C20H23N5O2. The van der Waals surface area contributed by atoms with Gasteiger partial charge in [-0.1, -0.05) is 30.3 Å².